The Bertz CT molecular complexity index is 564. The normalized spacial score (nSPS) is 29.0. The SMILES string of the molecule is CC1(C)OB(C(F)=C2CCCC2c2ccccc2)OC1(C)C. The van der Waals surface area contributed by atoms with Gasteiger partial charge in [0.05, 0.1) is 11.2 Å². The van der Waals surface area contributed by atoms with Crippen LogP contribution in [-0.2, 0) is 9.31 Å². The molecule has 1 heterocycles. The van der Waals surface area contributed by atoms with E-state index in [-0.39, 0.29) is 11.6 Å². The summed E-state index contributed by atoms with van der Waals surface area (Å²) in [6.45, 7) is 7.81. The lowest BCUT2D eigenvalue weighted by molar-refractivity contribution is 0.00578. The Labute approximate surface area is 132 Å². The third-order valence-corrected chi connectivity index (χ3v) is 5.33. The van der Waals surface area contributed by atoms with E-state index in [9.17, 15) is 0 Å². The molecule has 1 unspecified atom stereocenters. The summed E-state index contributed by atoms with van der Waals surface area (Å²) in [5.41, 5.74) is 0.809. The van der Waals surface area contributed by atoms with Crippen molar-refractivity contribution in [3.8, 4) is 0 Å². The van der Waals surface area contributed by atoms with E-state index in [0.717, 1.165) is 24.8 Å². The third-order valence-electron chi connectivity index (χ3n) is 5.33. The Kier molecular flexibility index (Phi) is 3.94. The Morgan fingerprint density at radius 2 is 1.68 bits per heavy atom. The van der Waals surface area contributed by atoms with Crippen molar-refractivity contribution in [1.82, 2.24) is 0 Å². The maximum absolute atomic E-state index is 15.1. The summed E-state index contributed by atoms with van der Waals surface area (Å²) in [7, 11) is -0.871. The molecule has 2 aliphatic rings. The molecule has 22 heavy (non-hydrogen) atoms. The first-order valence-corrected chi connectivity index (χ1v) is 8.11. The van der Waals surface area contributed by atoms with Gasteiger partial charge in [-0.3, -0.25) is 0 Å². The highest BCUT2D eigenvalue weighted by Crippen LogP contribution is 2.45. The first-order chi connectivity index (χ1) is 10.3. The van der Waals surface area contributed by atoms with Crippen LogP contribution >= 0.6 is 0 Å². The zero-order chi connectivity index (χ0) is 16.0. The Morgan fingerprint density at radius 1 is 1.09 bits per heavy atom. The summed E-state index contributed by atoms with van der Waals surface area (Å²) >= 11 is 0. The molecular formula is C18H24BFO2. The number of halogens is 1. The molecule has 1 saturated carbocycles. The van der Waals surface area contributed by atoms with Crippen molar-refractivity contribution in [2.24, 2.45) is 0 Å². The van der Waals surface area contributed by atoms with Gasteiger partial charge in [-0.1, -0.05) is 30.3 Å². The fraction of sp³-hybridized carbons (Fsp3) is 0.556. The van der Waals surface area contributed by atoms with E-state index < -0.39 is 18.3 Å². The second kappa shape index (κ2) is 5.50. The van der Waals surface area contributed by atoms with Crippen molar-refractivity contribution in [2.45, 2.75) is 64.1 Å². The minimum Gasteiger partial charge on any atom is -0.398 e. The highest BCUT2D eigenvalue weighted by molar-refractivity contribution is 6.53. The van der Waals surface area contributed by atoms with Crippen LogP contribution in [0.1, 0.15) is 58.4 Å². The van der Waals surface area contributed by atoms with Crippen molar-refractivity contribution >= 4 is 7.12 Å². The molecular weight excluding hydrogens is 278 g/mol. The van der Waals surface area contributed by atoms with E-state index >= 15 is 4.39 Å². The van der Waals surface area contributed by atoms with Gasteiger partial charge in [0.1, 0.15) is 5.73 Å². The molecule has 2 fully saturated rings. The van der Waals surface area contributed by atoms with Gasteiger partial charge < -0.3 is 9.31 Å². The highest BCUT2D eigenvalue weighted by Gasteiger charge is 2.54. The lowest BCUT2D eigenvalue weighted by atomic mass is 9.80. The van der Waals surface area contributed by atoms with Crippen LogP contribution in [-0.4, -0.2) is 18.3 Å². The smallest absolute Gasteiger partial charge is 0.398 e. The molecule has 0 radical (unpaired) electrons. The lowest BCUT2D eigenvalue weighted by Crippen LogP contribution is -2.41. The van der Waals surface area contributed by atoms with Crippen molar-refractivity contribution in [3.05, 3.63) is 47.2 Å². The quantitative estimate of drug-likeness (QED) is 0.730. The maximum Gasteiger partial charge on any atom is 0.525 e. The number of hydrogen-bond donors (Lipinski definition) is 0. The van der Waals surface area contributed by atoms with Crippen molar-refractivity contribution < 1.29 is 13.7 Å². The first kappa shape index (κ1) is 15.8. The fourth-order valence-electron chi connectivity index (χ4n) is 3.28. The number of allylic oxidation sites excluding steroid dienone is 1. The summed E-state index contributed by atoms with van der Waals surface area (Å²) in [6.07, 6.45) is 2.80. The summed E-state index contributed by atoms with van der Waals surface area (Å²) in [4.78, 5) is 0. The Morgan fingerprint density at radius 3 is 2.27 bits per heavy atom. The van der Waals surface area contributed by atoms with Gasteiger partial charge in [0.2, 0.25) is 0 Å². The van der Waals surface area contributed by atoms with Gasteiger partial charge in [-0.05, 0) is 58.1 Å². The van der Waals surface area contributed by atoms with Gasteiger partial charge in [-0.25, -0.2) is 4.39 Å². The van der Waals surface area contributed by atoms with Crippen LogP contribution in [0.4, 0.5) is 4.39 Å². The largest absolute Gasteiger partial charge is 0.525 e. The number of rotatable bonds is 2. The number of hydrogen-bond acceptors (Lipinski definition) is 2. The van der Waals surface area contributed by atoms with E-state index in [0.29, 0.717) is 0 Å². The summed E-state index contributed by atoms with van der Waals surface area (Å²) in [5, 5.41) is 0. The topological polar surface area (TPSA) is 18.5 Å². The van der Waals surface area contributed by atoms with Gasteiger partial charge in [-0.15, -0.1) is 0 Å². The molecule has 1 aliphatic heterocycles. The third kappa shape index (κ3) is 2.63. The second-order valence-electron chi connectivity index (χ2n) is 7.32. The van der Waals surface area contributed by atoms with Crippen LogP contribution in [0.15, 0.2) is 41.6 Å². The van der Waals surface area contributed by atoms with E-state index in [1.54, 1.807) is 0 Å². The van der Waals surface area contributed by atoms with Crippen LogP contribution in [0.5, 0.6) is 0 Å². The van der Waals surface area contributed by atoms with Gasteiger partial charge in [0.25, 0.3) is 0 Å². The molecule has 1 aliphatic carbocycles. The van der Waals surface area contributed by atoms with Crippen molar-refractivity contribution in [2.75, 3.05) is 0 Å². The molecule has 1 saturated heterocycles. The second-order valence-corrected chi connectivity index (χ2v) is 7.32. The van der Waals surface area contributed by atoms with Crippen LogP contribution in [0.2, 0.25) is 0 Å². The maximum atomic E-state index is 15.1. The minimum absolute atomic E-state index is 0.153. The summed E-state index contributed by atoms with van der Waals surface area (Å²) in [6, 6.07) is 10.2. The molecule has 1 aromatic rings. The molecule has 0 N–H and O–H groups in total. The standard InChI is InChI=1S/C18H24BFO2/c1-17(2)18(3,4)22-19(21-17)16(20)15-12-8-11-14(15)13-9-6-5-7-10-13/h5-7,9-10,14H,8,11-12H2,1-4H3. The molecule has 3 rings (SSSR count). The predicted octanol–water partition coefficient (Wildman–Crippen LogP) is 4.81. The van der Waals surface area contributed by atoms with Crippen molar-refractivity contribution in [3.63, 3.8) is 0 Å². The summed E-state index contributed by atoms with van der Waals surface area (Å²) in [5.74, 6) is 0.153. The zero-order valence-electron chi connectivity index (χ0n) is 13.9. The van der Waals surface area contributed by atoms with E-state index in [2.05, 4.69) is 12.1 Å². The molecule has 0 bridgehead atoms. The highest BCUT2D eigenvalue weighted by atomic mass is 19.1. The van der Waals surface area contributed by atoms with E-state index in [1.807, 2.05) is 45.9 Å². The molecule has 0 aromatic heterocycles. The molecule has 0 spiro atoms. The lowest BCUT2D eigenvalue weighted by Gasteiger charge is -2.32. The van der Waals surface area contributed by atoms with Gasteiger partial charge >= 0.3 is 7.12 Å². The first-order valence-electron chi connectivity index (χ1n) is 8.11. The van der Waals surface area contributed by atoms with Crippen LogP contribution in [0.3, 0.4) is 0 Å². The van der Waals surface area contributed by atoms with E-state index in [4.69, 9.17) is 9.31 Å². The molecule has 0 amide bonds. The predicted molar refractivity (Wildman–Crippen MR) is 87.3 cm³/mol. The molecule has 2 nitrogen and oxygen atoms in total. The Hall–Kier alpha value is -1.13. The van der Waals surface area contributed by atoms with Crippen LogP contribution in [0, 0.1) is 0 Å². The van der Waals surface area contributed by atoms with Crippen LogP contribution in [0.25, 0.3) is 0 Å². The molecule has 4 heteroatoms. The monoisotopic (exact) mass is 302 g/mol. The van der Waals surface area contributed by atoms with E-state index in [1.165, 1.54) is 5.56 Å². The average Bonchev–Trinajstić information content (AvgIpc) is 3.02. The molecule has 1 atom stereocenters. The zero-order valence-corrected chi connectivity index (χ0v) is 13.9. The minimum atomic E-state index is -0.871. The van der Waals surface area contributed by atoms with Gasteiger partial charge in [0.15, 0.2) is 0 Å². The summed E-state index contributed by atoms with van der Waals surface area (Å²) < 4.78 is 26.8. The average molecular weight is 302 g/mol. The van der Waals surface area contributed by atoms with Gasteiger partial charge in [-0.2, -0.15) is 0 Å². The fourth-order valence-corrected chi connectivity index (χ4v) is 3.28. The van der Waals surface area contributed by atoms with Crippen LogP contribution < -0.4 is 0 Å². The van der Waals surface area contributed by atoms with Gasteiger partial charge in [0, 0.05) is 5.92 Å². The molecule has 118 valence electrons. The number of benzene rings is 1. The molecule has 1 aromatic carbocycles. The Balaban J connectivity index is 1.89. The van der Waals surface area contributed by atoms with Crippen molar-refractivity contribution in [1.29, 1.82) is 0 Å².